The molecule has 0 fully saturated rings. The van der Waals surface area contributed by atoms with Crippen molar-refractivity contribution in [2.24, 2.45) is 15.9 Å². The third-order valence-corrected chi connectivity index (χ3v) is 2.58. The van der Waals surface area contributed by atoms with E-state index in [2.05, 4.69) is 51.7 Å². The van der Waals surface area contributed by atoms with Gasteiger partial charge in [-0.25, -0.2) is 4.99 Å². The first-order valence-corrected chi connectivity index (χ1v) is 5.02. The average Bonchev–Trinajstić information content (AvgIpc) is 2.13. The van der Waals surface area contributed by atoms with E-state index in [1.165, 1.54) is 0 Å². The summed E-state index contributed by atoms with van der Waals surface area (Å²) in [6, 6.07) is 0. The number of hydrogen-bond acceptors (Lipinski definition) is 4. The van der Waals surface area contributed by atoms with Gasteiger partial charge in [-0.2, -0.15) is 4.99 Å². The smallest absolute Gasteiger partial charge is 0.0926 e. The number of nitrogens with zero attached hydrogens (tertiary/aromatic N) is 2. The fourth-order valence-corrected chi connectivity index (χ4v) is 1.55. The number of rotatable bonds is 2. The zero-order chi connectivity index (χ0) is 10.6. The van der Waals surface area contributed by atoms with E-state index in [0.29, 0.717) is 0 Å². The maximum absolute atomic E-state index is 4.61. The summed E-state index contributed by atoms with van der Waals surface area (Å²) >= 11 is 9.15. The van der Waals surface area contributed by atoms with Crippen molar-refractivity contribution in [3.05, 3.63) is 23.9 Å². The number of aliphatic imine (C=N–C) groups is 2. The van der Waals surface area contributed by atoms with Gasteiger partial charge in [-0.15, -0.1) is 0 Å². The fraction of sp³-hybridized carbons (Fsp3) is 0.400. The van der Waals surface area contributed by atoms with Crippen molar-refractivity contribution in [2.75, 3.05) is 0 Å². The van der Waals surface area contributed by atoms with E-state index in [9.17, 15) is 0 Å². The molecule has 0 saturated heterocycles. The highest BCUT2D eigenvalue weighted by Crippen LogP contribution is 2.30. The van der Waals surface area contributed by atoms with Gasteiger partial charge in [0, 0.05) is 5.92 Å². The minimum atomic E-state index is -0.303. The number of hydrogen-bond donors (Lipinski definition) is 0. The van der Waals surface area contributed by atoms with Crippen LogP contribution in [0.15, 0.2) is 33.9 Å². The van der Waals surface area contributed by atoms with Gasteiger partial charge in [0.15, 0.2) is 0 Å². The van der Waals surface area contributed by atoms with Gasteiger partial charge in [-0.05, 0) is 37.4 Å². The normalized spacial score (nSPS) is 29.9. The molecular formula is C10H10N2S2. The van der Waals surface area contributed by atoms with Gasteiger partial charge in [0.25, 0.3) is 0 Å². The zero-order valence-electron chi connectivity index (χ0n) is 8.02. The van der Waals surface area contributed by atoms with Gasteiger partial charge in [-0.1, -0.05) is 19.1 Å². The van der Waals surface area contributed by atoms with Crippen LogP contribution in [-0.2, 0) is 0 Å². The molecule has 0 bridgehead atoms. The molecule has 0 saturated carbocycles. The Morgan fingerprint density at radius 3 is 2.64 bits per heavy atom. The number of isothiocyanates is 2. The molecule has 1 rings (SSSR count). The van der Waals surface area contributed by atoms with E-state index >= 15 is 0 Å². The van der Waals surface area contributed by atoms with Crippen LogP contribution in [0.25, 0.3) is 0 Å². The Labute approximate surface area is 94.1 Å². The summed E-state index contributed by atoms with van der Waals surface area (Å²) in [5, 5.41) is 4.76. The van der Waals surface area contributed by atoms with E-state index in [0.717, 1.165) is 5.70 Å². The molecule has 2 nitrogen and oxygen atoms in total. The van der Waals surface area contributed by atoms with E-state index in [1.807, 2.05) is 25.2 Å². The molecule has 0 spiro atoms. The lowest BCUT2D eigenvalue weighted by Crippen LogP contribution is -2.28. The molecule has 0 aromatic carbocycles. The first-order chi connectivity index (χ1) is 6.62. The molecule has 0 aromatic rings. The van der Waals surface area contributed by atoms with Crippen molar-refractivity contribution < 1.29 is 0 Å². The molecule has 1 aliphatic rings. The molecule has 4 heteroatoms. The van der Waals surface area contributed by atoms with Gasteiger partial charge < -0.3 is 0 Å². The Bertz CT molecular complexity index is 385. The van der Waals surface area contributed by atoms with Crippen LogP contribution in [0.4, 0.5) is 0 Å². The fourth-order valence-electron chi connectivity index (χ4n) is 1.25. The predicted octanol–water partition coefficient (Wildman–Crippen LogP) is 3.04. The van der Waals surface area contributed by atoms with Gasteiger partial charge in [0.1, 0.15) is 0 Å². The maximum atomic E-state index is 4.61. The van der Waals surface area contributed by atoms with E-state index < -0.39 is 0 Å². The molecule has 0 N–H and O–H groups in total. The van der Waals surface area contributed by atoms with Crippen LogP contribution in [0.2, 0.25) is 0 Å². The summed E-state index contributed by atoms with van der Waals surface area (Å²) < 4.78 is 0. The first-order valence-electron chi connectivity index (χ1n) is 4.20. The van der Waals surface area contributed by atoms with Crippen molar-refractivity contribution in [2.45, 2.75) is 19.4 Å². The van der Waals surface area contributed by atoms with Crippen LogP contribution >= 0.6 is 24.4 Å². The van der Waals surface area contributed by atoms with Crippen LogP contribution in [0.3, 0.4) is 0 Å². The van der Waals surface area contributed by atoms with E-state index in [4.69, 9.17) is 0 Å². The molecule has 0 amide bonds. The Kier molecular flexibility index (Phi) is 3.62. The van der Waals surface area contributed by atoms with Crippen molar-refractivity contribution >= 4 is 34.8 Å². The predicted molar refractivity (Wildman–Crippen MR) is 64.8 cm³/mol. The van der Waals surface area contributed by atoms with Gasteiger partial charge in [-0.3, -0.25) is 0 Å². The standard InChI is InChI=1S/C10H10N2S2/c1-8-5-9(11-6-13)3-4-10(8,2)12-7-14/h3-5,8H,1-2H3. The SMILES string of the molecule is CC1C=C(N=C=S)C=CC1(C)N=C=S. The number of allylic oxidation sites excluding steroid dienone is 1. The molecule has 72 valence electrons. The van der Waals surface area contributed by atoms with Crippen LogP contribution in [-0.4, -0.2) is 15.9 Å². The Morgan fingerprint density at radius 1 is 1.43 bits per heavy atom. The maximum Gasteiger partial charge on any atom is 0.0926 e. The molecule has 0 heterocycles. The quantitative estimate of drug-likeness (QED) is 0.530. The van der Waals surface area contributed by atoms with Crippen molar-refractivity contribution in [3.63, 3.8) is 0 Å². The summed E-state index contributed by atoms with van der Waals surface area (Å²) in [5.41, 5.74) is 0.520. The number of thiocarbonyl (C=S) groups is 2. The lowest BCUT2D eigenvalue weighted by atomic mass is 9.83. The largest absolute Gasteiger partial charge is 0.221 e. The molecule has 1 aliphatic carbocycles. The zero-order valence-corrected chi connectivity index (χ0v) is 9.65. The van der Waals surface area contributed by atoms with Crippen LogP contribution in [0.1, 0.15) is 13.8 Å². The van der Waals surface area contributed by atoms with Gasteiger partial charge in [0.2, 0.25) is 0 Å². The summed E-state index contributed by atoms with van der Waals surface area (Å²) in [5.74, 6) is 0.227. The van der Waals surface area contributed by atoms with Crippen LogP contribution < -0.4 is 0 Å². The molecule has 2 unspecified atom stereocenters. The van der Waals surface area contributed by atoms with Crippen LogP contribution in [0.5, 0.6) is 0 Å². The van der Waals surface area contributed by atoms with Crippen molar-refractivity contribution in [1.29, 1.82) is 0 Å². The third-order valence-electron chi connectivity index (χ3n) is 2.40. The van der Waals surface area contributed by atoms with Crippen LogP contribution in [0, 0.1) is 5.92 Å². The second-order valence-corrected chi connectivity index (χ2v) is 3.71. The molecule has 2 atom stereocenters. The summed E-state index contributed by atoms with van der Waals surface area (Å²) in [6.45, 7) is 4.06. The van der Waals surface area contributed by atoms with Crippen molar-refractivity contribution in [1.82, 2.24) is 0 Å². The summed E-state index contributed by atoms with van der Waals surface area (Å²) in [4.78, 5) is 8.05. The molecular weight excluding hydrogens is 212 g/mol. The minimum absolute atomic E-state index is 0.227. The average molecular weight is 222 g/mol. The van der Waals surface area contributed by atoms with Gasteiger partial charge >= 0.3 is 0 Å². The lowest BCUT2D eigenvalue weighted by Gasteiger charge is -2.27. The first kappa shape index (κ1) is 11.2. The Morgan fingerprint density at radius 2 is 2.14 bits per heavy atom. The van der Waals surface area contributed by atoms with E-state index in [-0.39, 0.29) is 11.5 Å². The highest BCUT2D eigenvalue weighted by atomic mass is 32.1. The molecule has 14 heavy (non-hydrogen) atoms. The van der Waals surface area contributed by atoms with Crippen molar-refractivity contribution in [3.8, 4) is 0 Å². The molecule has 0 aromatic heterocycles. The second-order valence-electron chi connectivity index (χ2n) is 3.35. The molecule has 0 radical (unpaired) electrons. The Hall–Kier alpha value is -0.920. The topological polar surface area (TPSA) is 24.7 Å². The highest BCUT2D eigenvalue weighted by molar-refractivity contribution is 7.78. The molecule has 0 aliphatic heterocycles. The third kappa shape index (κ3) is 2.31. The lowest BCUT2D eigenvalue weighted by molar-refractivity contribution is 0.458. The summed E-state index contributed by atoms with van der Waals surface area (Å²) in [6.07, 6.45) is 5.83. The second kappa shape index (κ2) is 4.54. The van der Waals surface area contributed by atoms with E-state index in [1.54, 1.807) is 0 Å². The summed E-state index contributed by atoms with van der Waals surface area (Å²) in [7, 11) is 0. The van der Waals surface area contributed by atoms with Gasteiger partial charge in [0.05, 0.1) is 21.6 Å². The highest BCUT2D eigenvalue weighted by Gasteiger charge is 2.28. The monoisotopic (exact) mass is 222 g/mol. The Balaban J connectivity index is 3.01. The minimum Gasteiger partial charge on any atom is -0.221 e.